The fraction of sp³-hybridized carbons (Fsp3) is 0.528. The van der Waals surface area contributed by atoms with E-state index in [-0.39, 0.29) is 41.8 Å². The van der Waals surface area contributed by atoms with Crippen LogP contribution < -0.4 is 9.80 Å². The summed E-state index contributed by atoms with van der Waals surface area (Å²) in [6, 6.07) is 5.46. The van der Waals surface area contributed by atoms with Crippen molar-refractivity contribution in [3.63, 3.8) is 0 Å². The van der Waals surface area contributed by atoms with Crippen LogP contribution in [0.1, 0.15) is 93.8 Å². The van der Waals surface area contributed by atoms with Gasteiger partial charge in [-0.3, -0.25) is 0 Å². The van der Waals surface area contributed by atoms with E-state index in [0.717, 1.165) is 67.5 Å². The third-order valence-electron chi connectivity index (χ3n) is 8.62. The summed E-state index contributed by atoms with van der Waals surface area (Å²) in [5.74, 6) is 1.79. The van der Waals surface area contributed by atoms with Crippen LogP contribution in [-0.2, 0) is 31.0 Å². The number of anilines is 2. The normalized spacial score (nSPS) is 15.0. The molecule has 0 spiro atoms. The first-order valence-corrected chi connectivity index (χ1v) is 16.9. The molecule has 6 rings (SSSR count). The van der Waals surface area contributed by atoms with E-state index in [0.29, 0.717) is 23.3 Å². The molecule has 0 bridgehead atoms. The first-order valence-electron chi connectivity index (χ1n) is 16.9. The largest absolute Gasteiger partial charge is 0.416 e. The molecule has 3 aromatic heterocycles. The molecule has 14 heteroatoms. The molecule has 2 fully saturated rings. The summed E-state index contributed by atoms with van der Waals surface area (Å²) in [6.07, 6.45) is -3.00. The molecule has 2 aliphatic carbocycles. The number of pyridine rings is 1. The van der Waals surface area contributed by atoms with Crippen molar-refractivity contribution in [3.05, 3.63) is 70.2 Å². The minimum absolute atomic E-state index is 0.0216. The zero-order chi connectivity index (χ0) is 36.6. The Hall–Kier alpha value is -4.41. The van der Waals surface area contributed by atoms with Crippen LogP contribution >= 0.6 is 0 Å². The number of hydrogen-bond donors (Lipinski definition) is 0. The molecule has 3 heterocycles. The summed E-state index contributed by atoms with van der Waals surface area (Å²) < 4.78 is 84.7. The molecule has 8 nitrogen and oxygen atoms in total. The van der Waals surface area contributed by atoms with Gasteiger partial charge in [0.25, 0.3) is 0 Å². The summed E-state index contributed by atoms with van der Waals surface area (Å²) in [6.45, 7) is 13.2. The van der Waals surface area contributed by atoms with Crippen LogP contribution in [0.25, 0.3) is 11.0 Å². The molecule has 50 heavy (non-hydrogen) atoms. The number of fused-ring (bicyclic) bond motifs is 1. The number of nitrogens with zero attached hydrogens (tertiary/aromatic N) is 8. The molecule has 268 valence electrons. The van der Waals surface area contributed by atoms with Gasteiger partial charge in [0.2, 0.25) is 5.95 Å². The summed E-state index contributed by atoms with van der Waals surface area (Å²) in [7, 11) is 0. The molecule has 0 radical (unpaired) electrons. The van der Waals surface area contributed by atoms with Crippen LogP contribution in [0, 0.1) is 30.1 Å². The van der Waals surface area contributed by atoms with Gasteiger partial charge in [-0.25, -0.2) is 19.6 Å². The number of alkyl halides is 6. The number of nitriles is 1. The quantitative estimate of drug-likeness (QED) is 0.153. The number of hydrogen-bond acceptors (Lipinski definition) is 7. The predicted octanol–water partition coefficient (Wildman–Crippen LogP) is 9.05. The number of rotatable bonds is 10. The summed E-state index contributed by atoms with van der Waals surface area (Å²) in [4.78, 5) is 17.6. The third kappa shape index (κ3) is 8.65. The standard InChI is InChI=1S/C34H36F6N8.C2H6/c1-20-28-11-25(29(44-30(28)48(45-20)32(2,3)4)46(16-21-5-6-21)17-22-7-8-22)19-47(31-42-14-24(13-41)15-43-31)18-23-9-26(33(35,36)37)12-27(10-23)34(38,39)40;1-2/h9-12,14-15,21-22H,5-8,16-19H2,1-4H3;1-2H3. The van der Waals surface area contributed by atoms with Crippen LogP contribution in [-0.4, -0.2) is 37.8 Å². The molecule has 2 aliphatic rings. The Morgan fingerprint density at radius 2 is 1.36 bits per heavy atom. The smallest absolute Gasteiger partial charge is 0.356 e. The average Bonchev–Trinajstić information content (AvgIpc) is 4.00. The Labute approximate surface area is 288 Å². The van der Waals surface area contributed by atoms with Crippen molar-refractivity contribution in [1.82, 2.24) is 24.7 Å². The maximum Gasteiger partial charge on any atom is 0.416 e. The number of benzene rings is 1. The van der Waals surface area contributed by atoms with Crippen LogP contribution in [0.2, 0.25) is 0 Å². The number of halogens is 6. The van der Waals surface area contributed by atoms with Gasteiger partial charge in [0.05, 0.1) is 40.3 Å². The van der Waals surface area contributed by atoms with Crippen molar-refractivity contribution in [2.45, 2.75) is 98.2 Å². The first kappa shape index (κ1) is 36.9. The molecule has 1 aromatic carbocycles. The maximum absolute atomic E-state index is 13.8. The van der Waals surface area contributed by atoms with Crippen molar-refractivity contribution >= 4 is 22.8 Å². The zero-order valence-electron chi connectivity index (χ0n) is 29.1. The topological polar surface area (TPSA) is 86.8 Å². The maximum atomic E-state index is 13.8. The second kappa shape index (κ2) is 14.1. The van der Waals surface area contributed by atoms with E-state index in [2.05, 4.69) is 14.9 Å². The number of aromatic nitrogens is 5. The fourth-order valence-corrected chi connectivity index (χ4v) is 5.82. The Bertz CT molecular complexity index is 1800. The van der Waals surface area contributed by atoms with Gasteiger partial charge in [-0.05, 0) is 95.0 Å². The summed E-state index contributed by atoms with van der Waals surface area (Å²) in [5.41, 5.74) is -1.08. The van der Waals surface area contributed by atoms with Gasteiger partial charge in [0, 0.05) is 37.1 Å². The third-order valence-corrected chi connectivity index (χ3v) is 8.62. The van der Waals surface area contributed by atoms with Crippen molar-refractivity contribution in [2.24, 2.45) is 11.8 Å². The molecule has 0 unspecified atom stereocenters. The van der Waals surface area contributed by atoms with E-state index >= 15 is 0 Å². The monoisotopic (exact) mass is 700 g/mol. The van der Waals surface area contributed by atoms with Crippen molar-refractivity contribution in [2.75, 3.05) is 22.9 Å². The van der Waals surface area contributed by atoms with Crippen molar-refractivity contribution < 1.29 is 26.3 Å². The lowest BCUT2D eigenvalue weighted by atomic mass is 10.0. The molecule has 0 saturated heterocycles. The second-order valence-corrected chi connectivity index (χ2v) is 14.0. The average molecular weight is 701 g/mol. The Kier molecular flexibility index (Phi) is 10.4. The van der Waals surface area contributed by atoms with E-state index in [1.54, 1.807) is 0 Å². The van der Waals surface area contributed by atoms with Crippen LogP contribution in [0.3, 0.4) is 0 Å². The second-order valence-electron chi connectivity index (χ2n) is 14.0. The van der Waals surface area contributed by atoms with E-state index in [4.69, 9.17) is 10.1 Å². The zero-order valence-corrected chi connectivity index (χ0v) is 29.1. The van der Waals surface area contributed by atoms with Gasteiger partial charge in [-0.1, -0.05) is 13.8 Å². The van der Waals surface area contributed by atoms with E-state index < -0.39 is 23.5 Å². The Morgan fingerprint density at radius 3 is 1.82 bits per heavy atom. The summed E-state index contributed by atoms with van der Waals surface area (Å²) >= 11 is 0. The molecule has 0 N–H and O–H groups in total. The molecule has 2 saturated carbocycles. The highest BCUT2D eigenvalue weighted by atomic mass is 19.4. The van der Waals surface area contributed by atoms with Crippen LogP contribution in [0.5, 0.6) is 0 Å². The SMILES string of the molecule is CC.Cc1nn(C(C)(C)C)c2nc(N(CC3CC3)CC3CC3)c(CN(Cc3cc(C(F)(F)F)cc(C(F)(F)F)c3)c3ncc(C#N)cn3)cc12. The molecule has 0 aliphatic heterocycles. The lowest BCUT2D eigenvalue weighted by Crippen LogP contribution is -2.32. The highest BCUT2D eigenvalue weighted by Crippen LogP contribution is 2.39. The molecular weight excluding hydrogens is 658 g/mol. The van der Waals surface area contributed by atoms with Gasteiger partial charge in [0.1, 0.15) is 11.9 Å². The molecule has 0 amide bonds. The minimum Gasteiger partial charge on any atom is -0.356 e. The highest BCUT2D eigenvalue weighted by molar-refractivity contribution is 5.82. The highest BCUT2D eigenvalue weighted by Gasteiger charge is 2.37. The van der Waals surface area contributed by atoms with Gasteiger partial charge in [-0.2, -0.15) is 36.7 Å². The first-order chi connectivity index (χ1) is 23.5. The van der Waals surface area contributed by atoms with Crippen LogP contribution in [0.15, 0.2) is 36.7 Å². The van der Waals surface area contributed by atoms with Gasteiger partial charge in [-0.15, -0.1) is 0 Å². The summed E-state index contributed by atoms with van der Waals surface area (Å²) in [5, 5.41) is 14.9. The van der Waals surface area contributed by atoms with E-state index in [1.165, 1.54) is 17.3 Å². The Balaban J connectivity index is 0.00000239. The predicted molar refractivity (Wildman–Crippen MR) is 179 cm³/mol. The van der Waals surface area contributed by atoms with Crippen LogP contribution in [0.4, 0.5) is 38.1 Å². The van der Waals surface area contributed by atoms with Gasteiger partial charge in [0.15, 0.2) is 5.65 Å². The van der Waals surface area contributed by atoms with Gasteiger partial charge >= 0.3 is 12.4 Å². The van der Waals surface area contributed by atoms with Crippen molar-refractivity contribution in [1.29, 1.82) is 5.26 Å². The molecule has 0 atom stereocenters. The Morgan fingerprint density at radius 1 is 0.820 bits per heavy atom. The molecule has 4 aromatic rings. The minimum atomic E-state index is -5.00. The van der Waals surface area contributed by atoms with E-state index in [1.807, 2.05) is 58.4 Å². The molecular formula is C36H42F6N8. The number of aryl methyl sites for hydroxylation is 1. The lowest BCUT2D eigenvalue weighted by molar-refractivity contribution is -0.143. The van der Waals surface area contributed by atoms with Gasteiger partial charge < -0.3 is 9.80 Å². The fourth-order valence-electron chi connectivity index (χ4n) is 5.82. The lowest BCUT2D eigenvalue weighted by Gasteiger charge is -2.30. The van der Waals surface area contributed by atoms with Crippen molar-refractivity contribution in [3.8, 4) is 6.07 Å². The van der Waals surface area contributed by atoms with E-state index in [9.17, 15) is 31.6 Å².